The quantitative estimate of drug-likeness (QED) is 0.471. The molecule has 2 heterocycles. The van der Waals surface area contributed by atoms with Crippen molar-refractivity contribution in [3.63, 3.8) is 0 Å². The van der Waals surface area contributed by atoms with Crippen LogP contribution in [0.5, 0.6) is 0 Å². The van der Waals surface area contributed by atoms with Gasteiger partial charge in [0.2, 0.25) is 0 Å². The largest absolute Gasteiger partial charge is 0.308 e. The molecule has 2 rings (SSSR count). The number of nitrogens with one attached hydrogen (secondary N) is 1. The summed E-state index contributed by atoms with van der Waals surface area (Å²) in [7, 11) is 0. The number of hydrogen-bond donors (Lipinski definition) is 2. The van der Waals surface area contributed by atoms with Crippen LogP contribution in [0.4, 0.5) is 5.82 Å². The van der Waals surface area contributed by atoms with Crippen LogP contribution in [0.3, 0.4) is 0 Å². The molecular weight excluding hydrogens is 381 g/mol. The maximum atomic E-state index is 12.1. The van der Waals surface area contributed by atoms with E-state index < -0.39 is 0 Å². The summed E-state index contributed by atoms with van der Waals surface area (Å²) in [5.74, 6) is 6.40. The molecule has 8 heteroatoms. The van der Waals surface area contributed by atoms with Crippen LogP contribution in [0.2, 0.25) is 5.02 Å². The smallest absolute Gasteiger partial charge is 0.267 e. The maximum Gasteiger partial charge on any atom is 0.267 e. The first kappa shape index (κ1) is 14.2. The molecule has 0 spiro atoms. The summed E-state index contributed by atoms with van der Waals surface area (Å²) in [4.78, 5) is 20.5. The van der Waals surface area contributed by atoms with Crippen molar-refractivity contribution in [3.05, 3.63) is 48.8 Å². The third kappa shape index (κ3) is 3.04. The van der Waals surface area contributed by atoms with Crippen molar-refractivity contribution in [1.82, 2.24) is 14.5 Å². The van der Waals surface area contributed by atoms with E-state index in [9.17, 15) is 4.79 Å². The fraction of sp³-hybridized carbons (Fsp3) is 0.182. The van der Waals surface area contributed by atoms with Gasteiger partial charge in [-0.15, -0.1) is 0 Å². The highest BCUT2D eigenvalue weighted by molar-refractivity contribution is 14.1. The van der Waals surface area contributed by atoms with Gasteiger partial charge in [0.25, 0.3) is 5.56 Å². The highest BCUT2D eigenvalue weighted by atomic mass is 127. The fourth-order valence-corrected chi connectivity index (χ4v) is 2.16. The first-order valence-corrected chi connectivity index (χ1v) is 6.82. The molecule has 0 aromatic carbocycles. The molecule has 0 bridgehead atoms. The third-order valence-electron chi connectivity index (χ3n) is 2.58. The van der Waals surface area contributed by atoms with Gasteiger partial charge in [0.05, 0.1) is 20.8 Å². The highest BCUT2D eigenvalue weighted by Crippen LogP contribution is 2.17. The van der Waals surface area contributed by atoms with Gasteiger partial charge in [-0.05, 0) is 41.6 Å². The van der Waals surface area contributed by atoms with Crippen LogP contribution in [0, 0.1) is 10.5 Å². The summed E-state index contributed by atoms with van der Waals surface area (Å²) in [6, 6.07) is 3.34. The lowest BCUT2D eigenvalue weighted by Gasteiger charge is -2.11. The number of anilines is 1. The molecule has 2 aromatic heterocycles. The van der Waals surface area contributed by atoms with Crippen LogP contribution in [0.15, 0.2) is 23.1 Å². The minimum atomic E-state index is -0.114. The number of pyridine rings is 1. The van der Waals surface area contributed by atoms with Gasteiger partial charge in [-0.3, -0.25) is 9.36 Å². The van der Waals surface area contributed by atoms with Gasteiger partial charge in [-0.2, -0.15) is 0 Å². The molecule has 0 saturated heterocycles. The predicted octanol–water partition coefficient (Wildman–Crippen LogP) is 1.54. The fourth-order valence-electron chi connectivity index (χ4n) is 1.56. The number of hydrazine groups is 1. The summed E-state index contributed by atoms with van der Waals surface area (Å²) in [6.45, 7) is 2.01. The zero-order chi connectivity index (χ0) is 14.0. The Balaban J connectivity index is 2.47. The minimum absolute atomic E-state index is 0.114. The lowest BCUT2D eigenvalue weighted by Crippen LogP contribution is -2.26. The molecule has 3 N–H and O–H groups in total. The van der Waals surface area contributed by atoms with E-state index in [1.165, 1.54) is 4.57 Å². The van der Waals surface area contributed by atoms with Crippen molar-refractivity contribution in [2.24, 2.45) is 5.84 Å². The molecule has 2 aromatic rings. The number of hydrogen-bond acceptors (Lipinski definition) is 5. The highest BCUT2D eigenvalue weighted by Gasteiger charge is 2.10. The zero-order valence-corrected chi connectivity index (χ0v) is 12.9. The SMILES string of the molecule is Cc1ncc(I)c(=O)n1Cc1nc(NN)ccc1Cl. The zero-order valence-electron chi connectivity index (χ0n) is 10.0. The Morgan fingerprint density at radius 2 is 2.26 bits per heavy atom. The van der Waals surface area contributed by atoms with Crippen LogP contribution >= 0.6 is 34.2 Å². The topological polar surface area (TPSA) is 85.8 Å². The van der Waals surface area contributed by atoms with Crippen molar-refractivity contribution in [2.75, 3.05) is 5.43 Å². The van der Waals surface area contributed by atoms with Crippen molar-refractivity contribution in [1.29, 1.82) is 0 Å². The average Bonchev–Trinajstić information content (AvgIpc) is 2.41. The number of nitrogen functional groups attached to an aromatic ring is 1. The number of rotatable bonds is 3. The van der Waals surface area contributed by atoms with Crippen molar-refractivity contribution >= 4 is 40.0 Å². The predicted molar refractivity (Wildman–Crippen MR) is 82.1 cm³/mol. The molecule has 100 valence electrons. The molecule has 6 nitrogen and oxygen atoms in total. The second kappa shape index (κ2) is 5.85. The van der Waals surface area contributed by atoms with E-state index in [1.807, 2.05) is 22.6 Å². The number of nitrogens with zero attached hydrogens (tertiary/aromatic N) is 3. The first-order chi connectivity index (χ1) is 9.02. The lowest BCUT2D eigenvalue weighted by molar-refractivity contribution is 0.682. The van der Waals surface area contributed by atoms with Crippen molar-refractivity contribution in [3.8, 4) is 0 Å². The van der Waals surface area contributed by atoms with Gasteiger partial charge in [0.15, 0.2) is 0 Å². The van der Waals surface area contributed by atoms with Crippen molar-refractivity contribution < 1.29 is 0 Å². The van der Waals surface area contributed by atoms with E-state index in [2.05, 4.69) is 15.4 Å². The van der Waals surface area contributed by atoms with E-state index in [4.69, 9.17) is 17.4 Å². The molecule has 0 unspecified atom stereocenters. The Labute approximate surface area is 128 Å². The number of aryl methyl sites for hydroxylation is 1. The lowest BCUT2D eigenvalue weighted by atomic mass is 10.3. The molecule has 0 aliphatic heterocycles. The second-order valence-electron chi connectivity index (χ2n) is 3.81. The van der Waals surface area contributed by atoms with Crippen LogP contribution in [0.25, 0.3) is 0 Å². The molecule has 0 saturated carbocycles. The summed E-state index contributed by atoms with van der Waals surface area (Å²) < 4.78 is 2.07. The normalized spacial score (nSPS) is 10.5. The maximum absolute atomic E-state index is 12.1. The Kier molecular flexibility index (Phi) is 4.38. The Morgan fingerprint density at radius 1 is 1.53 bits per heavy atom. The van der Waals surface area contributed by atoms with E-state index in [1.54, 1.807) is 25.3 Å². The summed E-state index contributed by atoms with van der Waals surface area (Å²) >= 11 is 8.03. The molecule has 0 amide bonds. The van der Waals surface area contributed by atoms with Gasteiger partial charge in [-0.1, -0.05) is 11.6 Å². The summed E-state index contributed by atoms with van der Waals surface area (Å²) in [6.07, 6.45) is 1.54. The molecule has 0 aliphatic rings. The molecule has 0 atom stereocenters. The second-order valence-corrected chi connectivity index (χ2v) is 5.38. The first-order valence-electron chi connectivity index (χ1n) is 5.37. The van der Waals surface area contributed by atoms with Gasteiger partial charge >= 0.3 is 0 Å². The monoisotopic (exact) mass is 391 g/mol. The van der Waals surface area contributed by atoms with E-state index in [0.29, 0.717) is 25.9 Å². The van der Waals surface area contributed by atoms with Gasteiger partial charge in [-0.25, -0.2) is 15.8 Å². The molecule has 0 aliphatic carbocycles. The third-order valence-corrected chi connectivity index (χ3v) is 3.66. The van der Waals surface area contributed by atoms with Gasteiger partial charge in [0.1, 0.15) is 11.6 Å². The van der Waals surface area contributed by atoms with Crippen LogP contribution in [-0.2, 0) is 6.54 Å². The van der Waals surface area contributed by atoms with E-state index in [0.717, 1.165) is 0 Å². The Bertz CT molecular complexity index is 673. The van der Waals surface area contributed by atoms with Gasteiger partial charge in [0, 0.05) is 6.20 Å². The molecule has 19 heavy (non-hydrogen) atoms. The van der Waals surface area contributed by atoms with E-state index in [-0.39, 0.29) is 12.1 Å². The standard InChI is InChI=1S/C11H11ClIN5O/c1-6-15-4-8(13)11(19)18(6)5-9-7(12)2-3-10(16-9)17-14/h2-4H,5,14H2,1H3,(H,16,17). The van der Waals surface area contributed by atoms with E-state index >= 15 is 0 Å². The summed E-state index contributed by atoms with van der Waals surface area (Å²) in [5.41, 5.74) is 2.89. The Morgan fingerprint density at radius 3 is 2.95 bits per heavy atom. The number of nitrogens with two attached hydrogens (primary N) is 1. The van der Waals surface area contributed by atoms with Crippen LogP contribution in [-0.4, -0.2) is 14.5 Å². The molecular formula is C11H11ClIN5O. The van der Waals surface area contributed by atoms with Crippen molar-refractivity contribution in [2.45, 2.75) is 13.5 Å². The van der Waals surface area contributed by atoms with Crippen LogP contribution < -0.4 is 16.8 Å². The number of halogens is 2. The number of aromatic nitrogens is 3. The molecule has 0 radical (unpaired) electrons. The van der Waals surface area contributed by atoms with Crippen LogP contribution in [0.1, 0.15) is 11.5 Å². The molecule has 0 fully saturated rings. The van der Waals surface area contributed by atoms with Gasteiger partial charge < -0.3 is 5.43 Å². The minimum Gasteiger partial charge on any atom is -0.308 e. The average molecular weight is 392 g/mol. The Hall–Kier alpha value is -1.19. The summed E-state index contributed by atoms with van der Waals surface area (Å²) in [5, 5.41) is 0.476.